The van der Waals surface area contributed by atoms with Crippen molar-refractivity contribution in [2.45, 2.75) is 0 Å². The topological polar surface area (TPSA) is 95.5 Å². The van der Waals surface area contributed by atoms with Crippen LogP contribution in [-0.4, -0.2) is 22.9 Å². The molecule has 0 aliphatic heterocycles. The van der Waals surface area contributed by atoms with Crippen LogP contribution in [0.2, 0.25) is 0 Å². The van der Waals surface area contributed by atoms with Gasteiger partial charge in [0, 0.05) is 12.2 Å². The second kappa shape index (κ2) is 10.4. The first-order chi connectivity index (χ1) is 15.0. The average molecular weight is 412 g/mol. The highest BCUT2D eigenvalue weighted by molar-refractivity contribution is 6.08. The zero-order chi connectivity index (χ0) is 22.1. The fourth-order valence-corrected chi connectivity index (χ4v) is 2.71. The molecule has 0 bridgehead atoms. The van der Waals surface area contributed by atoms with Crippen LogP contribution in [0.25, 0.3) is 12.2 Å². The summed E-state index contributed by atoms with van der Waals surface area (Å²) in [6.07, 6.45) is 5.99. The van der Waals surface area contributed by atoms with Gasteiger partial charge in [0.15, 0.2) is 0 Å². The van der Waals surface area contributed by atoms with E-state index in [0.29, 0.717) is 0 Å². The van der Waals surface area contributed by atoms with Crippen LogP contribution < -0.4 is 10.6 Å². The van der Waals surface area contributed by atoms with Gasteiger partial charge < -0.3 is 15.7 Å². The van der Waals surface area contributed by atoms with E-state index in [1.165, 1.54) is 30.4 Å². The van der Waals surface area contributed by atoms with Crippen LogP contribution in [-0.2, 0) is 9.59 Å². The van der Waals surface area contributed by atoms with Gasteiger partial charge in [-0.2, -0.15) is 0 Å². The van der Waals surface area contributed by atoms with Gasteiger partial charge in [-0.05, 0) is 41.5 Å². The third-order valence-corrected chi connectivity index (χ3v) is 4.24. The highest BCUT2D eigenvalue weighted by atomic mass is 16.4. The largest absolute Gasteiger partial charge is 0.478 e. The number of carbonyl (C=O) groups is 3. The van der Waals surface area contributed by atoms with Gasteiger partial charge in [0.2, 0.25) is 11.8 Å². The lowest BCUT2D eigenvalue weighted by molar-refractivity contribution is -0.112. The number of aromatic carboxylic acids is 1. The molecule has 2 amide bonds. The van der Waals surface area contributed by atoms with Gasteiger partial charge in [0.25, 0.3) is 0 Å². The predicted molar refractivity (Wildman–Crippen MR) is 122 cm³/mol. The zero-order valence-corrected chi connectivity index (χ0v) is 16.5. The Morgan fingerprint density at radius 1 is 0.645 bits per heavy atom. The van der Waals surface area contributed by atoms with E-state index in [2.05, 4.69) is 10.6 Å². The minimum atomic E-state index is -1.14. The van der Waals surface area contributed by atoms with Crippen molar-refractivity contribution in [1.82, 2.24) is 0 Å². The third-order valence-electron chi connectivity index (χ3n) is 4.24. The van der Waals surface area contributed by atoms with E-state index >= 15 is 0 Å². The summed E-state index contributed by atoms with van der Waals surface area (Å²) in [7, 11) is 0. The normalized spacial score (nSPS) is 10.8. The Morgan fingerprint density at radius 2 is 1.13 bits per heavy atom. The maximum absolute atomic E-state index is 12.3. The lowest BCUT2D eigenvalue weighted by Gasteiger charge is -2.11. The first-order valence-corrected chi connectivity index (χ1v) is 9.47. The molecule has 0 unspecified atom stereocenters. The number of nitrogens with one attached hydrogen (secondary N) is 2. The van der Waals surface area contributed by atoms with Crippen molar-refractivity contribution < 1.29 is 19.5 Å². The van der Waals surface area contributed by atoms with Gasteiger partial charge in [-0.15, -0.1) is 0 Å². The van der Waals surface area contributed by atoms with Crippen molar-refractivity contribution in [3.05, 3.63) is 108 Å². The van der Waals surface area contributed by atoms with E-state index in [1.807, 2.05) is 60.7 Å². The number of amides is 2. The van der Waals surface area contributed by atoms with Gasteiger partial charge in [-0.25, -0.2) is 4.79 Å². The Labute approximate surface area is 179 Å². The van der Waals surface area contributed by atoms with Crippen LogP contribution in [0.3, 0.4) is 0 Å². The molecule has 3 aromatic carbocycles. The molecule has 0 radical (unpaired) electrons. The van der Waals surface area contributed by atoms with Crippen molar-refractivity contribution in [2.24, 2.45) is 0 Å². The molecule has 3 rings (SSSR count). The van der Waals surface area contributed by atoms with E-state index in [4.69, 9.17) is 0 Å². The molecule has 0 saturated carbocycles. The molecule has 31 heavy (non-hydrogen) atoms. The van der Waals surface area contributed by atoms with Gasteiger partial charge in [0.05, 0.1) is 16.9 Å². The molecule has 6 heteroatoms. The molecule has 3 aromatic rings. The number of hydrogen-bond donors (Lipinski definition) is 3. The average Bonchev–Trinajstić information content (AvgIpc) is 2.79. The summed E-state index contributed by atoms with van der Waals surface area (Å²) in [5.74, 6) is -2.01. The summed E-state index contributed by atoms with van der Waals surface area (Å²) < 4.78 is 0. The molecule has 0 fully saturated rings. The Balaban J connectivity index is 1.76. The maximum atomic E-state index is 12.3. The fraction of sp³-hybridized carbons (Fsp3) is 0. The molecule has 0 heterocycles. The van der Waals surface area contributed by atoms with Gasteiger partial charge >= 0.3 is 5.97 Å². The highest BCUT2D eigenvalue weighted by Gasteiger charge is 2.11. The molecule has 0 aliphatic carbocycles. The lowest BCUT2D eigenvalue weighted by atomic mass is 10.1. The van der Waals surface area contributed by atoms with Crippen LogP contribution in [0.5, 0.6) is 0 Å². The number of carboxylic acid groups (broad SMARTS) is 1. The monoisotopic (exact) mass is 412 g/mol. The summed E-state index contributed by atoms with van der Waals surface area (Å²) in [4.78, 5) is 36.0. The minimum absolute atomic E-state index is 0.0137. The van der Waals surface area contributed by atoms with E-state index in [1.54, 1.807) is 12.2 Å². The molecular weight excluding hydrogens is 392 g/mol. The van der Waals surface area contributed by atoms with Crippen LogP contribution >= 0.6 is 0 Å². The van der Waals surface area contributed by atoms with E-state index in [9.17, 15) is 19.5 Å². The summed E-state index contributed by atoms with van der Waals surface area (Å²) >= 11 is 0. The molecule has 0 aromatic heterocycles. The Morgan fingerprint density at radius 3 is 1.61 bits per heavy atom. The molecular formula is C25H20N2O4. The smallest absolute Gasteiger partial charge is 0.335 e. The molecule has 154 valence electrons. The van der Waals surface area contributed by atoms with Gasteiger partial charge in [-0.1, -0.05) is 60.7 Å². The highest BCUT2D eigenvalue weighted by Crippen LogP contribution is 2.24. The zero-order valence-electron chi connectivity index (χ0n) is 16.5. The third kappa shape index (κ3) is 6.54. The number of anilines is 2. The molecule has 3 N–H and O–H groups in total. The van der Waals surface area contributed by atoms with Gasteiger partial charge in [0.1, 0.15) is 0 Å². The number of benzene rings is 3. The van der Waals surface area contributed by atoms with Crippen LogP contribution in [0.4, 0.5) is 11.4 Å². The van der Waals surface area contributed by atoms with Crippen molar-refractivity contribution in [3.8, 4) is 0 Å². The van der Waals surface area contributed by atoms with E-state index in [0.717, 1.165) is 11.1 Å². The first kappa shape index (κ1) is 21.3. The maximum Gasteiger partial charge on any atom is 0.335 e. The lowest BCUT2D eigenvalue weighted by Crippen LogP contribution is -2.14. The molecule has 0 saturated heterocycles. The second-order valence-electron chi connectivity index (χ2n) is 6.53. The van der Waals surface area contributed by atoms with Crippen molar-refractivity contribution in [3.63, 3.8) is 0 Å². The Hall–Kier alpha value is -4.45. The molecule has 0 aliphatic rings. The Bertz CT molecular complexity index is 1140. The minimum Gasteiger partial charge on any atom is -0.478 e. The summed E-state index contributed by atoms with van der Waals surface area (Å²) in [5, 5.41) is 14.5. The van der Waals surface area contributed by atoms with E-state index in [-0.39, 0.29) is 16.9 Å². The van der Waals surface area contributed by atoms with Crippen LogP contribution in [0.1, 0.15) is 21.5 Å². The first-order valence-electron chi connectivity index (χ1n) is 9.47. The number of carboxylic acids is 1. The Kier molecular flexibility index (Phi) is 7.11. The molecule has 0 atom stereocenters. The van der Waals surface area contributed by atoms with Crippen molar-refractivity contribution in [1.29, 1.82) is 0 Å². The number of hydrogen-bond acceptors (Lipinski definition) is 3. The fourth-order valence-electron chi connectivity index (χ4n) is 2.71. The molecule has 6 nitrogen and oxygen atoms in total. The standard InChI is InChI=1S/C25H20N2O4/c28-23(15-11-18-7-3-1-4-8-18)26-21-14-13-20(25(30)31)17-22(21)27-24(29)16-12-19-9-5-2-6-10-19/h1-17H,(H,26,28)(H,27,29)(H,30,31)/b15-11+,16-12+. The quantitative estimate of drug-likeness (QED) is 0.491. The van der Waals surface area contributed by atoms with Crippen LogP contribution in [0.15, 0.2) is 91.0 Å². The summed E-state index contributed by atoms with van der Waals surface area (Å²) in [6, 6.07) is 22.7. The molecule has 0 spiro atoms. The van der Waals surface area contributed by atoms with E-state index < -0.39 is 17.8 Å². The predicted octanol–water partition coefficient (Wildman–Crippen LogP) is 4.69. The second-order valence-corrected chi connectivity index (χ2v) is 6.53. The van der Waals surface area contributed by atoms with Crippen molar-refractivity contribution >= 4 is 41.3 Å². The van der Waals surface area contributed by atoms with Crippen LogP contribution in [0, 0.1) is 0 Å². The summed E-state index contributed by atoms with van der Waals surface area (Å²) in [5.41, 5.74) is 2.16. The number of carbonyl (C=O) groups excluding carboxylic acids is 2. The van der Waals surface area contributed by atoms with Crippen molar-refractivity contribution in [2.75, 3.05) is 10.6 Å². The summed E-state index contributed by atoms with van der Waals surface area (Å²) in [6.45, 7) is 0. The van der Waals surface area contributed by atoms with Gasteiger partial charge in [-0.3, -0.25) is 9.59 Å². The number of rotatable bonds is 7. The SMILES string of the molecule is O=C(/C=C/c1ccccc1)Nc1ccc(C(=O)O)cc1NC(=O)/C=C/c1ccccc1.